The highest BCUT2D eigenvalue weighted by molar-refractivity contribution is 6.30. The monoisotopic (exact) mass is 340 g/mol. The van der Waals surface area contributed by atoms with E-state index in [9.17, 15) is 13.6 Å². The summed E-state index contributed by atoms with van der Waals surface area (Å²) in [7, 11) is 0. The number of urea groups is 1. The molecule has 2 rings (SSSR count). The van der Waals surface area contributed by atoms with Gasteiger partial charge in [-0.2, -0.15) is 8.78 Å². The summed E-state index contributed by atoms with van der Waals surface area (Å²) in [6, 6.07) is 12.9. The Hall–Kier alpha value is -2.34. The Kier molecular flexibility index (Phi) is 6.17. The van der Waals surface area contributed by atoms with E-state index in [0.717, 1.165) is 5.56 Å². The van der Waals surface area contributed by atoms with Gasteiger partial charge >= 0.3 is 12.6 Å². The molecule has 2 amide bonds. The van der Waals surface area contributed by atoms with Gasteiger partial charge in [0.15, 0.2) is 0 Å². The first-order valence-electron chi connectivity index (χ1n) is 6.83. The van der Waals surface area contributed by atoms with Gasteiger partial charge in [0.25, 0.3) is 0 Å². The third kappa shape index (κ3) is 6.12. The van der Waals surface area contributed by atoms with Crippen LogP contribution in [0.4, 0.5) is 13.6 Å². The van der Waals surface area contributed by atoms with Crippen molar-refractivity contribution in [1.29, 1.82) is 0 Å². The zero-order valence-corrected chi connectivity index (χ0v) is 12.8. The van der Waals surface area contributed by atoms with Crippen LogP contribution in [-0.2, 0) is 13.1 Å². The molecule has 0 radical (unpaired) electrons. The highest BCUT2D eigenvalue weighted by Gasteiger charge is 2.06. The van der Waals surface area contributed by atoms with Crippen LogP contribution >= 0.6 is 11.6 Å². The van der Waals surface area contributed by atoms with Crippen molar-refractivity contribution >= 4 is 17.6 Å². The van der Waals surface area contributed by atoms with Crippen LogP contribution in [0.5, 0.6) is 5.75 Å². The fraction of sp³-hybridized carbons (Fsp3) is 0.188. The lowest BCUT2D eigenvalue weighted by atomic mass is 10.2. The molecule has 0 spiro atoms. The Labute approximate surface area is 137 Å². The van der Waals surface area contributed by atoms with Crippen LogP contribution in [0.25, 0.3) is 0 Å². The Bertz CT molecular complexity index is 668. The summed E-state index contributed by atoms with van der Waals surface area (Å²) in [6.07, 6.45) is 0. The van der Waals surface area contributed by atoms with Crippen LogP contribution in [-0.4, -0.2) is 12.6 Å². The molecule has 0 saturated carbocycles. The number of amides is 2. The quantitative estimate of drug-likeness (QED) is 0.836. The van der Waals surface area contributed by atoms with Gasteiger partial charge < -0.3 is 15.4 Å². The SMILES string of the molecule is O=C(NCc1cccc(Cl)c1)NCc1cccc(OC(F)F)c1. The molecule has 122 valence electrons. The summed E-state index contributed by atoms with van der Waals surface area (Å²) in [4.78, 5) is 11.7. The summed E-state index contributed by atoms with van der Waals surface area (Å²) in [5, 5.41) is 5.92. The van der Waals surface area contributed by atoms with Crippen LogP contribution in [0, 0.1) is 0 Å². The predicted molar refractivity (Wildman–Crippen MR) is 83.6 cm³/mol. The van der Waals surface area contributed by atoms with Gasteiger partial charge in [-0.25, -0.2) is 4.79 Å². The van der Waals surface area contributed by atoms with Gasteiger partial charge in [-0.05, 0) is 35.4 Å². The van der Waals surface area contributed by atoms with Crippen LogP contribution in [0.1, 0.15) is 11.1 Å². The topological polar surface area (TPSA) is 50.4 Å². The zero-order chi connectivity index (χ0) is 16.7. The average Bonchev–Trinajstić information content (AvgIpc) is 2.51. The summed E-state index contributed by atoms with van der Waals surface area (Å²) >= 11 is 5.86. The maximum absolute atomic E-state index is 12.1. The van der Waals surface area contributed by atoms with Crippen LogP contribution in [0.15, 0.2) is 48.5 Å². The normalized spacial score (nSPS) is 10.4. The Balaban J connectivity index is 1.80. The lowest BCUT2D eigenvalue weighted by Crippen LogP contribution is -2.34. The number of hydrogen-bond donors (Lipinski definition) is 2. The molecule has 0 saturated heterocycles. The van der Waals surface area contributed by atoms with E-state index in [4.69, 9.17) is 11.6 Å². The second kappa shape index (κ2) is 8.33. The van der Waals surface area contributed by atoms with E-state index >= 15 is 0 Å². The molecule has 0 aliphatic heterocycles. The summed E-state index contributed by atoms with van der Waals surface area (Å²) < 4.78 is 28.6. The van der Waals surface area contributed by atoms with Crippen molar-refractivity contribution in [3.8, 4) is 5.75 Å². The van der Waals surface area contributed by atoms with Gasteiger partial charge in [0.2, 0.25) is 0 Å². The number of benzene rings is 2. The second-order valence-corrected chi connectivity index (χ2v) is 5.13. The minimum Gasteiger partial charge on any atom is -0.435 e. The van der Waals surface area contributed by atoms with Crippen molar-refractivity contribution in [1.82, 2.24) is 10.6 Å². The van der Waals surface area contributed by atoms with Crippen molar-refractivity contribution in [2.24, 2.45) is 0 Å². The lowest BCUT2D eigenvalue weighted by Gasteiger charge is -2.09. The minimum absolute atomic E-state index is 0.0543. The van der Waals surface area contributed by atoms with Crippen molar-refractivity contribution in [2.45, 2.75) is 19.7 Å². The number of ether oxygens (including phenoxy) is 1. The Morgan fingerprint density at radius 3 is 2.26 bits per heavy atom. The number of halogens is 3. The van der Waals surface area contributed by atoms with Gasteiger partial charge in [0.1, 0.15) is 5.75 Å². The molecule has 0 atom stereocenters. The first kappa shape index (κ1) is 17.0. The smallest absolute Gasteiger partial charge is 0.387 e. The summed E-state index contributed by atoms with van der Waals surface area (Å²) in [5.41, 5.74) is 1.53. The third-order valence-corrected chi connectivity index (χ3v) is 3.15. The molecule has 0 aliphatic carbocycles. The van der Waals surface area contributed by atoms with E-state index in [1.807, 2.05) is 6.07 Å². The van der Waals surface area contributed by atoms with E-state index < -0.39 is 6.61 Å². The maximum atomic E-state index is 12.1. The number of carbonyl (C=O) groups is 1. The van der Waals surface area contributed by atoms with Gasteiger partial charge in [0.05, 0.1) is 0 Å². The van der Waals surface area contributed by atoms with E-state index in [0.29, 0.717) is 17.1 Å². The molecule has 0 unspecified atom stereocenters. The number of hydrogen-bond acceptors (Lipinski definition) is 2. The molecule has 2 aromatic rings. The third-order valence-electron chi connectivity index (χ3n) is 2.92. The fourth-order valence-electron chi connectivity index (χ4n) is 1.91. The van der Waals surface area contributed by atoms with Crippen LogP contribution in [0.3, 0.4) is 0 Å². The molecule has 0 aliphatic rings. The summed E-state index contributed by atoms with van der Waals surface area (Å²) in [6.45, 7) is -2.35. The maximum Gasteiger partial charge on any atom is 0.387 e. The fourth-order valence-corrected chi connectivity index (χ4v) is 2.12. The number of rotatable bonds is 6. The standard InChI is InChI=1S/C16H15ClF2N2O2/c17-13-5-1-3-11(7-13)9-20-16(22)21-10-12-4-2-6-14(8-12)23-15(18)19/h1-8,15H,9-10H2,(H2,20,21,22). The molecule has 7 heteroatoms. The van der Waals surface area contributed by atoms with Crippen LogP contribution in [0.2, 0.25) is 5.02 Å². The van der Waals surface area contributed by atoms with E-state index in [1.165, 1.54) is 12.1 Å². The van der Waals surface area contributed by atoms with E-state index in [-0.39, 0.29) is 18.3 Å². The second-order valence-electron chi connectivity index (χ2n) is 4.69. The molecule has 23 heavy (non-hydrogen) atoms. The minimum atomic E-state index is -2.88. The van der Waals surface area contributed by atoms with Crippen molar-refractivity contribution < 1.29 is 18.3 Å². The van der Waals surface area contributed by atoms with Crippen LogP contribution < -0.4 is 15.4 Å². The van der Waals surface area contributed by atoms with Crippen molar-refractivity contribution in [3.05, 3.63) is 64.7 Å². The lowest BCUT2D eigenvalue weighted by molar-refractivity contribution is -0.0498. The van der Waals surface area contributed by atoms with Gasteiger partial charge in [0, 0.05) is 18.1 Å². The van der Waals surface area contributed by atoms with E-state index in [2.05, 4.69) is 15.4 Å². The summed E-state index contributed by atoms with van der Waals surface area (Å²) in [5.74, 6) is 0.0543. The molecule has 0 bridgehead atoms. The molecule has 0 aromatic heterocycles. The van der Waals surface area contributed by atoms with E-state index in [1.54, 1.807) is 30.3 Å². The van der Waals surface area contributed by atoms with Crippen molar-refractivity contribution in [2.75, 3.05) is 0 Å². The zero-order valence-electron chi connectivity index (χ0n) is 12.1. The first-order valence-corrected chi connectivity index (χ1v) is 7.20. The van der Waals surface area contributed by atoms with Crippen molar-refractivity contribution in [3.63, 3.8) is 0 Å². The van der Waals surface area contributed by atoms with Gasteiger partial charge in [-0.1, -0.05) is 35.9 Å². The number of carbonyl (C=O) groups excluding carboxylic acids is 1. The number of alkyl halides is 2. The molecular formula is C16H15ClF2N2O2. The number of nitrogens with one attached hydrogen (secondary N) is 2. The van der Waals surface area contributed by atoms with Gasteiger partial charge in [-0.15, -0.1) is 0 Å². The molecule has 0 fully saturated rings. The Morgan fingerprint density at radius 1 is 1.04 bits per heavy atom. The predicted octanol–water partition coefficient (Wildman–Crippen LogP) is 3.94. The average molecular weight is 341 g/mol. The largest absolute Gasteiger partial charge is 0.435 e. The first-order chi connectivity index (χ1) is 11.0. The highest BCUT2D eigenvalue weighted by Crippen LogP contribution is 2.15. The molecule has 4 nitrogen and oxygen atoms in total. The molecule has 2 N–H and O–H groups in total. The highest BCUT2D eigenvalue weighted by atomic mass is 35.5. The molecule has 2 aromatic carbocycles. The molecular weight excluding hydrogens is 326 g/mol. The molecule has 0 heterocycles. The van der Waals surface area contributed by atoms with Gasteiger partial charge in [-0.3, -0.25) is 0 Å². The Morgan fingerprint density at radius 2 is 1.65 bits per heavy atom.